The van der Waals surface area contributed by atoms with Gasteiger partial charge in [-0.25, -0.2) is 26.9 Å². The van der Waals surface area contributed by atoms with Crippen molar-refractivity contribution in [3.63, 3.8) is 0 Å². The smallest absolute Gasteiger partial charge is 0.238 e. The van der Waals surface area contributed by atoms with Crippen LogP contribution in [0.1, 0.15) is 5.56 Å². The van der Waals surface area contributed by atoms with Crippen molar-refractivity contribution in [2.45, 2.75) is 11.1 Å². The fourth-order valence-electron chi connectivity index (χ4n) is 2.35. The molecule has 138 valence electrons. The van der Waals surface area contributed by atoms with Crippen LogP contribution < -0.4 is 5.14 Å². The molecule has 0 unspecified atom stereocenters. The third-order valence-electron chi connectivity index (χ3n) is 3.46. The van der Waals surface area contributed by atoms with Gasteiger partial charge in [0.05, 0.1) is 15.6 Å². The summed E-state index contributed by atoms with van der Waals surface area (Å²) in [6.45, 7) is 0. The van der Waals surface area contributed by atoms with Crippen LogP contribution in [0.15, 0.2) is 39.8 Å². The summed E-state index contributed by atoms with van der Waals surface area (Å²) in [5.41, 5.74) is -2.58. The van der Waals surface area contributed by atoms with E-state index < -0.39 is 49.6 Å². The van der Waals surface area contributed by atoms with Gasteiger partial charge in [-0.2, -0.15) is 18.3 Å². The molecular formula is C14H7BrF5N3O2S. The SMILES string of the molecule is NS(=O)(=O)c1c(-c2cc(F)c(Br)cc2F)nn2cc(C(F)(F)F)ccc12. The Morgan fingerprint density at radius 1 is 1.12 bits per heavy atom. The van der Waals surface area contributed by atoms with Gasteiger partial charge in [-0.05, 0) is 40.2 Å². The van der Waals surface area contributed by atoms with Crippen LogP contribution in [-0.2, 0) is 16.2 Å². The van der Waals surface area contributed by atoms with Gasteiger partial charge in [0.25, 0.3) is 0 Å². The zero-order valence-electron chi connectivity index (χ0n) is 12.4. The number of hydrogen-bond acceptors (Lipinski definition) is 3. The van der Waals surface area contributed by atoms with Crippen LogP contribution in [0.3, 0.4) is 0 Å². The average Bonchev–Trinajstić information content (AvgIpc) is 2.88. The molecule has 0 aliphatic heterocycles. The Morgan fingerprint density at radius 2 is 1.77 bits per heavy atom. The third-order valence-corrected chi connectivity index (χ3v) is 5.04. The lowest BCUT2D eigenvalue weighted by molar-refractivity contribution is -0.137. The van der Waals surface area contributed by atoms with E-state index >= 15 is 0 Å². The Labute approximate surface area is 151 Å². The van der Waals surface area contributed by atoms with Crippen molar-refractivity contribution >= 4 is 31.5 Å². The molecule has 0 fully saturated rings. The summed E-state index contributed by atoms with van der Waals surface area (Å²) in [6, 6.07) is 2.88. The minimum absolute atomic E-state index is 0.223. The van der Waals surface area contributed by atoms with E-state index in [9.17, 15) is 30.4 Å². The number of sulfonamides is 1. The quantitative estimate of drug-likeness (QED) is 0.472. The Bertz CT molecular complexity index is 1140. The third kappa shape index (κ3) is 3.19. The molecule has 0 spiro atoms. The molecule has 0 amide bonds. The zero-order chi connectivity index (χ0) is 19.4. The van der Waals surface area contributed by atoms with E-state index in [1.54, 1.807) is 0 Å². The highest BCUT2D eigenvalue weighted by atomic mass is 79.9. The van der Waals surface area contributed by atoms with Crippen LogP contribution >= 0.6 is 15.9 Å². The van der Waals surface area contributed by atoms with Gasteiger partial charge in [-0.1, -0.05) is 0 Å². The first-order chi connectivity index (χ1) is 11.9. The van der Waals surface area contributed by atoms with Crippen molar-refractivity contribution in [3.8, 4) is 11.3 Å². The number of hydrogen-bond donors (Lipinski definition) is 1. The molecule has 0 saturated carbocycles. The van der Waals surface area contributed by atoms with Gasteiger partial charge in [0, 0.05) is 11.8 Å². The van der Waals surface area contributed by atoms with E-state index in [1.165, 1.54) is 0 Å². The molecule has 26 heavy (non-hydrogen) atoms. The lowest BCUT2D eigenvalue weighted by atomic mass is 10.1. The van der Waals surface area contributed by atoms with E-state index in [4.69, 9.17) is 5.14 Å². The Hall–Kier alpha value is -2.05. The molecule has 3 rings (SSSR count). The van der Waals surface area contributed by atoms with Crippen molar-refractivity contribution in [1.29, 1.82) is 0 Å². The summed E-state index contributed by atoms with van der Waals surface area (Å²) in [5, 5.41) is 8.81. The molecule has 0 saturated heterocycles. The summed E-state index contributed by atoms with van der Waals surface area (Å²) in [5.74, 6) is -1.96. The molecule has 0 aliphatic carbocycles. The highest BCUT2D eigenvalue weighted by molar-refractivity contribution is 9.10. The number of aromatic nitrogens is 2. The molecule has 1 aromatic carbocycles. The lowest BCUT2D eigenvalue weighted by Gasteiger charge is -2.06. The number of halogens is 6. The van der Waals surface area contributed by atoms with Crippen molar-refractivity contribution < 1.29 is 30.4 Å². The van der Waals surface area contributed by atoms with Crippen LogP contribution in [0.4, 0.5) is 22.0 Å². The molecule has 0 radical (unpaired) electrons. The number of primary sulfonamides is 1. The number of nitrogens with zero attached hydrogens (tertiary/aromatic N) is 2. The second-order valence-electron chi connectivity index (χ2n) is 5.21. The maximum atomic E-state index is 14.2. The van der Waals surface area contributed by atoms with Gasteiger partial charge < -0.3 is 0 Å². The zero-order valence-corrected chi connectivity index (χ0v) is 14.8. The number of nitrogens with two attached hydrogens (primary N) is 1. The van der Waals surface area contributed by atoms with Gasteiger partial charge in [-0.3, -0.25) is 0 Å². The first-order valence-corrected chi connectivity index (χ1v) is 9.01. The number of pyridine rings is 1. The normalized spacial score (nSPS) is 12.7. The minimum atomic E-state index is -4.71. The summed E-state index contributed by atoms with van der Waals surface area (Å²) in [6.07, 6.45) is -4.18. The summed E-state index contributed by atoms with van der Waals surface area (Å²) in [4.78, 5) is -0.716. The van der Waals surface area contributed by atoms with Crippen molar-refractivity contribution in [2.75, 3.05) is 0 Å². The van der Waals surface area contributed by atoms with E-state index in [0.717, 1.165) is 12.1 Å². The summed E-state index contributed by atoms with van der Waals surface area (Å²) >= 11 is 2.77. The minimum Gasteiger partial charge on any atom is -0.238 e. The fourth-order valence-corrected chi connectivity index (χ4v) is 3.54. The van der Waals surface area contributed by atoms with Crippen molar-refractivity contribution in [1.82, 2.24) is 9.61 Å². The second kappa shape index (κ2) is 5.99. The topological polar surface area (TPSA) is 77.5 Å². The number of benzene rings is 1. The van der Waals surface area contributed by atoms with Crippen LogP contribution in [0, 0.1) is 11.6 Å². The van der Waals surface area contributed by atoms with Crippen molar-refractivity contribution in [2.24, 2.45) is 5.14 Å². The van der Waals surface area contributed by atoms with E-state index in [1.807, 2.05) is 0 Å². The predicted molar refractivity (Wildman–Crippen MR) is 84.6 cm³/mol. The van der Waals surface area contributed by atoms with Gasteiger partial charge >= 0.3 is 6.18 Å². The molecule has 2 heterocycles. The monoisotopic (exact) mass is 455 g/mol. The highest BCUT2D eigenvalue weighted by Crippen LogP contribution is 2.35. The average molecular weight is 456 g/mol. The fraction of sp³-hybridized carbons (Fsp3) is 0.0714. The van der Waals surface area contributed by atoms with Crippen LogP contribution in [-0.4, -0.2) is 18.0 Å². The Kier molecular flexibility index (Phi) is 4.32. The molecule has 2 N–H and O–H groups in total. The number of rotatable bonds is 2. The first kappa shape index (κ1) is 18.7. The standard InChI is InChI=1S/C14H7BrF5N3O2S/c15-8-4-9(16)7(3-10(8)17)12-13(26(21,24)25)11-2-1-6(14(18,19)20)5-23(11)22-12/h1-5H,(H2,21,24,25). The highest BCUT2D eigenvalue weighted by Gasteiger charge is 2.33. The Morgan fingerprint density at radius 3 is 2.35 bits per heavy atom. The first-order valence-electron chi connectivity index (χ1n) is 6.67. The molecule has 5 nitrogen and oxygen atoms in total. The van der Waals surface area contributed by atoms with Crippen LogP contribution in [0.25, 0.3) is 16.8 Å². The van der Waals surface area contributed by atoms with E-state index in [0.29, 0.717) is 22.8 Å². The Balaban J connectivity index is 2.40. The molecule has 2 aromatic heterocycles. The largest absolute Gasteiger partial charge is 0.417 e. The van der Waals surface area contributed by atoms with Crippen LogP contribution in [0.5, 0.6) is 0 Å². The van der Waals surface area contributed by atoms with Gasteiger partial charge in [0.1, 0.15) is 22.2 Å². The molecule has 0 atom stereocenters. The molecule has 0 bridgehead atoms. The van der Waals surface area contributed by atoms with Crippen LogP contribution in [0.2, 0.25) is 0 Å². The molecule has 12 heteroatoms. The molecular weight excluding hydrogens is 449 g/mol. The van der Waals surface area contributed by atoms with Gasteiger partial charge in [0.2, 0.25) is 10.0 Å². The summed E-state index contributed by atoms with van der Waals surface area (Å²) < 4.78 is 90.8. The van der Waals surface area contributed by atoms with Crippen molar-refractivity contribution in [3.05, 3.63) is 52.1 Å². The molecule has 0 aliphatic rings. The maximum absolute atomic E-state index is 14.2. The van der Waals surface area contributed by atoms with E-state index in [2.05, 4.69) is 21.0 Å². The molecule has 3 aromatic rings. The lowest BCUT2D eigenvalue weighted by Crippen LogP contribution is -2.13. The second-order valence-corrected chi connectivity index (χ2v) is 7.57. The predicted octanol–water partition coefficient (Wildman–Crippen LogP) is 3.71. The van der Waals surface area contributed by atoms with E-state index in [-0.39, 0.29) is 9.99 Å². The maximum Gasteiger partial charge on any atom is 0.417 e. The van der Waals surface area contributed by atoms with Gasteiger partial charge in [0.15, 0.2) is 0 Å². The van der Waals surface area contributed by atoms with Gasteiger partial charge in [-0.15, -0.1) is 0 Å². The number of alkyl halides is 3. The number of fused-ring (bicyclic) bond motifs is 1. The summed E-state index contributed by atoms with van der Waals surface area (Å²) in [7, 11) is -4.52.